The number of amides is 2. The second kappa shape index (κ2) is 6.25. The number of benzene rings is 1. The standard InChI is InChI=1S/C16H13N3O4S/c1-9-10-5-3-4-6-11(10)14(21)19(9)8-13(20)18-16-17-7-12(24-16)15(22)23-2/h3-7H,1,8H2,2H3,(H,17,18,20). The van der Waals surface area contributed by atoms with Gasteiger partial charge in [-0.15, -0.1) is 0 Å². The number of esters is 1. The first-order valence-corrected chi connectivity index (χ1v) is 7.77. The van der Waals surface area contributed by atoms with E-state index in [1.807, 2.05) is 6.07 Å². The minimum Gasteiger partial charge on any atom is -0.465 e. The largest absolute Gasteiger partial charge is 0.465 e. The van der Waals surface area contributed by atoms with Crippen LogP contribution in [0.4, 0.5) is 5.13 Å². The van der Waals surface area contributed by atoms with Crippen LogP contribution in [-0.2, 0) is 9.53 Å². The van der Waals surface area contributed by atoms with Gasteiger partial charge in [0.25, 0.3) is 5.91 Å². The van der Waals surface area contributed by atoms with Crippen molar-refractivity contribution in [2.75, 3.05) is 19.0 Å². The van der Waals surface area contributed by atoms with E-state index in [9.17, 15) is 14.4 Å². The van der Waals surface area contributed by atoms with Crippen LogP contribution in [-0.4, -0.2) is 41.3 Å². The monoisotopic (exact) mass is 343 g/mol. The lowest BCUT2D eigenvalue weighted by Crippen LogP contribution is -2.32. The van der Waals surface area contributed by atoms with Crippen molar-refractivity contribution in [2.24, 2.45) is 0 Å². The lowest BCUT2D eigenvalue weighted by atomic mass is 10.1. The molecule has 2 amide bonds. The third-order valence-electron chi connectivity index (χ3n) is 3.48. The van der Waals surface area contributed by atoms with Crippen molar-refractivity contribution in [1.29, 1.82) is 0 Å². The zero-order chi connectivity index (χ0) is 17.3. The first kappa shape index (κ1) is 15.9. The fourth-order valence-corrected chi connectivity index (χ4v) is 3.08. The first-order chi connectivity index (χ1) is 11.5. The second-order valence-electron chi connectivity index (χ2n) is 4.95. The first-order valence-electron chi connectivity index (χ1n) is 6.95. The molecule has 0 spiro atoms. The van der Waals surface area contributed by atoms with Crippen molar-refractivity contribution in [3.63, 3.8) is 0 Å². The second-order valence-corrected chi connectivity index (χ2v) is 5.98. The van der Waals surface area contributed by atoms with Crippen LogP contribution in [0.5, 0.6) is 0 Å². The lowest BCUT2D eigenvalue weighted by Gasteiger charge is -2.16. The molecule has 2 aromatic rings. The predicted octanol–water partition coefficient (Wildman–Crippen LogP) is 1.99. The highest BCUT2D eigenvalue weighted by atomic mass is 32.1. The molecule has 0 radical (unpaired) electrons. The number of aromatic nitrogens is 1. The van der Waals surface area contributed by atoms with E-state index in [2.05, 4.69) is 21.6 Å². The summed E-state index contributed by atoms with van der Waals surface area (Å²) in [6, 6.07) is 7.06. The predicted molar refractivity (Wildman–Crippen MR) is 88.6 cm³/mol. The zero-order valence-corrected chi connectivity index (χ0v) is 13.6. The molecule has 1 aromatic carbocycles. The molecule has 0 fully saturated rings. The number of hydrogen-bond acceptors (Lipinski definition) is 6. The van der Waals surface area contributed by atoms with E-state index in [0.29, 0.717) is 11.3 Å². The number of ether oxygens (including phenoxy) is 1. The summed E-state index contributed by atoms with van der Waals surface area (Å²) in [4.78, 5) is 41.4. The zero-order valence-electron chi connectivity index (χ0n) is 12.7. The summed E-state index contributed by atoms with van der Waals surface area (Å²) in [5, 5.41) is 2.82. The van der Waals surface area contributed by atoms with Gasteiger partial charge in [-0.05, 0) is 6.07 Å². The summed E-state index contributed by atoms with van der Waals surface area (Å²) in [7, 11) is 1.27. The molecule has 1 N–H and O–H groups in total. The van der Waals surface area contributed by atoms with Gasteiger partial charge in [0.2, 0.25) is 5.91 Å². The summed E-state index contributed by atoms with van der Waals surface area (Å²) >= 11 is 0.997. The van der Waals surface area contributed by atoms with Gasteiger partial charge in [-0.25, -0.2) is 9.78 Å². The number of thiazole rings is 1. The quantitative estimate of drug-likeness (QED) is 0.858. The number of fused-ring (bicyclic) bond motifs is 1. The van der Waals surface area contributed by atoms with Gasteiger partial charge < -0.3 is 10.1 Å². The Bertz CT molecular complexity index is 824. The van der Waals surface area contributed by atoms with Crippen LogP contribution in [0.1, 0.15) is 25.6 Å². The normalized spacial score (nSPS) is 13.0. The molecule has 1 aliphatic heterocycles. The summed E-state index contributed by atoms with van der Waals surface area (Å²) in [6.07, 6.45) is 1.32. The molecule has 0 aliphatic carbocycles. The van der Waals surface area contributed by atoms with Gasteiger partial charge in [0.15, 0.2) is 5.13 Å². The van der Waals surface area contributed by atoms with Crippen molar-refractivity contribution >= 4 is 39.9 Å². The minimum atomic E-state index is -0.522. The van der Waals surface area contributed by atoms with Gasteiger partial charge in [-0.1, -0.05) is 36.1 Å². The van der Waals surface area contributed by atoms with Crippen molar-refractivity contribution in [1.82, 2.24) is 9.88 Å². The summed E-state index contributed by atoms with van der Waals surface area (Å²) < 4.78 is 4.58. The van der Waals surface area contributed by atoms with Crippen molar-refractivity contribution in [3.05, 3.63) is 53.0 Å². The van der Waals surface area contributed by atoms with E-state index in [0.717, 1.165) is 16.9 Å². The molecule has 0 unspecified atom stereocenters. The van der Waals surface area contributed by atoms with Crippen LogP contribution in [0.3, 0.4) is 0 Å². The Balaban J connectivity index is 1.68. The summed E-state index contributed by atoms with van der Waals surface area (Å²) in [6.45, 7) is 3.70. The van der Waals surface area contributed by atoms with Crippen LogP contribution in [0.25, 0.3) is 5.70 Å². The van der Waals surface area contributed by atoms with E-state index in [1.165, 1.54) is 18.2 Å². The van der Waals surface area contributed by atoms with E-state index in [4.69, 9.17) is 0 Å². The van der Waals surface area contributed by atoms with Gasteiger partial charge in [-0.2, -0.15) is 0 Å². The number of carbonyl (C=O) groups excluding carboxylic acids is 3. The van der Waals surface area contributed by atoms with Crippen molar-refractivity contribution < 1.29 is 19.1 Å². The van der Waals surface area contributed by atoms with Gasteiger partial charge in [0.05, 0.1) is 13.3 Å². The molecule has 7 nitrogen and oxygen atoms in total. The van der Waals surface area contributed by atoms with E-state index in [1.54, 1.807) is 18.2 Å². The van der Waals surface area contributed by atoms with Gasteiger partial charge in [-0.3, -0.25) is 14.5 Å². The average Bonchev–Trinajstić information content (AvgIpc) is 3.14. The van der Waals surface area contributed by atoms with Crippen molar-refractivity contribution in [3.8, 4) is 0 Å². The van der Waals surface area contributed by atoms with Crippen LogP contribution in [0.15, 0.2) is 37.0 Å². The van der Waals surface area contributed by atoms with Crippen LogP contribution in [0, 0.1) is 0 Å². The molecular weight excluding hydrogens is 330 g/mol. The molecule has 0 atom stereocenters. The number of methoxy groups -OCH3 is 1. The third-order valence-corrected chi connectivity index (χ3v) is 4.37. The Morgan fingerprint density at radius 2 is 2.04 bits per heavy atom. The van der Waals surface area contributed by atoms with Crippen LogP contribution in [0.2, 0.25) is 0 Å². The topological polar surface area (TPSA) is 88.6 Å². The Hall–Kier alpha value is -3.00. The fourth-order valence-electron chi connectivity index (χ4n) is 2.33. The van der Waals surface area contributed by atoms with E-state index in [-0.39, 0.29) is 22.5 Å². The SMILES string of the molecule is C=C1c2ccccc2C(=O)N1CC(=O)Nc1ncc(C(=O)OC)s1. The Morgan fingerprint density at radius 3 is 2.71 bits per heavy atom. The molecular formula is C16H13N3O4S. The van der Waals surface area contributed by atoms with Gasteiger partial charge in [0, 0.05) is 16.8 Å². The maximum absolute atomic E-state index is 12.3. The molecule has 0 bridgehead atoms. The highest BCUT2D eigenvalue weighted by Gasteiger charge is 2.32. The number of nitrogens with one attached hydrogen (secondary N) is 1. The third kappa shape index (κ3) is 2.79. The molecule has 8 heteroatoms. The molecule has 122 valence electrons. The molecule has 0 saturated heterocycles. The lowest BCUT2D eigenvalue weighted by molar-refractivity contribution is -0.116. The Kier molecular flexibility index (Phi) is 4.13. The van der Waals surface area contributed by atoms with Crippen LogP contribution < -0.4 is 5.32 Å². The number of rotatable bonds is 4. The summed E-state index contributed by atoms with van der Waals surface area (Å²) in [5.74, 6) is -1.21. The Labute approximate surface area is 141 Å². The highest BCUT2D eigenvalue weighted by molar-refractivity contribution is 7.17. The molecule has 1 aliphatic rings. The smallest absolute Gasteiger partial charge is 0.349 e. The van der Waals surface area contributed by atoms with Gasteiger partial charge in [0.1, 0.15) is 11.4 Å². The van der Waals surface area contributed by atoms with E-state index >= 15 is 0 Å². The molecule has 0 saturated carbocycles. The number of anilines is 1. The number of carbonyl (C=O) groups is 3. The number of nitrogens with zero attached hydrogens (tertiary/aromatic N) is 2. The number of hydrogen-bond donors (Lipinski definition) is 1. The molecule has 3 rings (SSSR count). The van der Waals surface area contributed by atoms with Crippen molar-refractivity contribution in [2.45, 2.75) is 0 Å². The Morgan fingerprint density at radius 1 is 1.33 bits per heavy atom. The summed E-state index contributed by atoms with van der Waals surface area (Å²) in [5.41, 5.74) is 1.73. The maximum Gasteiger partial charge on any atom is 0.349 e. The average molecular weight is 343 g/mol. The van der Waals surface area contributed by atoms with Crippen LogP contribution >= 0.6 is 11.3 Å². The molecule has 1 aromatic heterocycles. The maximum atomic E-state index is 12.3. The van der Waals surface area contributed by atoms with E-state index < -0.39 is 11.9 Å². The molecule has 2 heterocycles. The fraction of sp³-hybridized carbons (Fsp3) is 0.125. The molecule has 24 heavy (non-hydrogen) atoms. The minimum absolute atomic E-state index is 0.181. The van der Waals surface area contributed by atoms with Gasteiger partial charge >= 0.3 is 5.97 Å². The highest BCUT2D eigenvalue weighted by Crippen LogP contribution is 2.30.